The second-order valence-electron chi connectivity index (χ2n) is 7.81. The Labute approximate surface area is 180 Å². The first-order chi connectivity index (χ1) is 15.0. The summed E-state index contributed by atoms with van der Waals surface area (Å²) in [4.78, 5) is 35.8. The molecule has 1 N–H and O–H groups in total. The second-order valence-corrected chi connectivity index (χ2v) is 7.81. The summed E-state index contributed by atoms with van der Waals surface area (Å²) in [6, 6.07) is 15.8. The number of amides is 1. The van der Waals surface area contributed by atoms with Gasteiger partial charge in [0.1, 0.15) is 5.76 Å². The highest BCUT2D eigenvalue weighted by Gasteiger charge is 2.46. The Morgan fingerprint density at radius 3 is 2.32 bits per heavy atom. The van der Waals surface area contributed by atoms with Gasteiger partial charge in [0.05, 0.1) is 23.9 Å². The van der Waals surface area contributed by atoms with Gasteiger partial charge in [-0.15, -0.1) is 0 Å². The largest absolute Gasteiger partial charge is 0.507 e. The zero-order valence-electron chi connectivity index (χ0n) is 17.4. The molecule has 6 heteroatoms. The molecule has 156 valence electrons. The monoisotopic (exact) mass is 413 g/mol. The molecule has 2 aromatic heterocycles. The van der Waals surface area contributed by atoms with E-state index in [1.165, 1.54) is 17.3 Å². The Morgan fingerprint density at radius 2 is 1.71 bits per heavy atom. The van der Waals surface area contributed by atoms with Crippen LogP contribution in [0, 0.1) is 0 Å². The minimum absolute atomic E-state index is 0.0735. The molecule has 1 atom stereocenters. The van der Waals surface area contributed by atoms with Crippen molar-refractivity contribution in [2.75, 3.05) is 0 Å². The van der Waals surface area contributed by atoms with Gasteiger partial charge < -0.3 is 10.0 Å². The SMILES string of the molecule is CC(C)c1ccc(C2/C(=C(\O)c3ccncc3)C(=O)C(=O)N2Cc2ccccn2)cc1. The third-order valence-corrected chi connectivity index (χ3v) is 5.47. The van der Waals surface area contributed by atoms with E-state index in [0.29, 0.717) is 17.2 Å². The first-order valence-corrected chi connectivity index (χ1v) is 10.2. The number of aliphatic hydroxyl groups excluding tert-OH is 1. The Kier molecular flexibility index (Phi) is 5.62. The van der Waals surface area contributed by atoms with Crippen molar-refractivity contribution in [2.24, 2.45) is 0 Å². The molecule has 6 nitrogen and oxygen atoms in total. The predicted octanol–water partition coefficient (Wildman–Crippen LogP) is 4.22. The van der Waals surface area contributed by atoms with E-state index in [2.05, 4.69) is 23.8 Å². The summed E-state index contributed by atoms with van der Waals surface area (Å²) in [5, 5.41) is 11.0. The third-order valence-electron chi connectivity index (χ3n) is 5.47. The quantitative estimate of drug-likeness (QED) is 0.385. The number of carbonyl (C=O) groups excluding carboxylic acids is 2. The molecule has 4 rings (SSSR count). The number of pyridine rings is 2. The van der Waals surface area contributed by atoms with Gasteiger partial charge >= 0.3 is 0 Å². The summed E-state index contributed by atoms with van der Waals surface area (Å²) in [5.41, 5.74) is 3.09. The van der Waals surface area contributed by atoms with Crippen LogP contribution < -0.4 is 0 Å². The van der Waals surface area contributed by atoms with E-state index in [1.807, 2.05) is 30.3 Å². The summed E-state index contributed by atoms with van der Waals surface area (Å²) in [7, 11) is 0. The van der Waals surface area contributed by atoms with E-state index >= 15 is 0 Å². The lowest BCUT2D eigenvalue weighted by Crippen LogP contribution is -2.29. The molecule has 1 aliphatic heterocycles. The Bertz CT molecular complexity index is 1120. The number of hydrogen-bond acceptors (Lipinski definition) is 5. The van der Waals surface area contributed by atoms with Gasteiger partial charge in [-0.05, 0) is 41.3 Å². The molecule has 1 aromatic carbocycles. The number of Topliss-reactive ketones (excluding diaryl/α,β-unsaturated/α-hetero) is 1. The summed E-state index contributed by atoms with van der Waals surface area (Å²) >= 11 is 0. The molecule has 0 spiro atoms. The molecule has 31 heavy (non-hydrogen) atoms. The van der Waals surface area contributed by atoms with Crippen LogP contribution in [0.4, 0.5) is 0 Å². The van der Waals surface area contributed by atoms with Gasteiger partial charge in [0.15, 0.2) is 0 Å². The maximum absolute atomic E-state index is 13.0. The van der Waals surface area contributed by atoms with Crippen LogP contribution >= 0.6 is 0 Å². The van der Waals surface area contributed by atoms with Crippen molar-refractivity contribution in [1.82, 2.24) is 14.9 Å². The smallest absolute Gasteiger partial charge is 0.296 e. The van der Waals surface area contributed by atoms with Crippen LogP contribution in [-0.4, -0.2) is 31.7 Å². The summed E-state index contributed by atoms with van der Waals surface area (Å²) in [5.74, 6) is -1.21. The third kappa shape index (κ3) is 3.97. The normalized spacial score (nSPS) is 18.0. The molecule has 1 amide bonds. The molecule has 0 saturated carbocycles. The number of aliphatic hydroxyl groups is 1. The van der Waals surface area contributed by atoms with Crippen molar-refractivity contribution < 1.29 is 14.7 Å². The molecule has 1 fully saturated rings. The predicted molar refractivity (Wildman–Crippen MR) is 117 cm³/mol. The number of rotatable bonds is 5. The second kappa shape index (κ2) is 8.52. The molecule has 0 bridgehead atoms. The average molecular weight is 413 g/mol. The number of aromatic nitrogens is 2. The van der Waals surface area contributed by atoms with Gasteiger partial charge in [0.25, 0.3) is 11.7 Å². The maximum atomic E-state index is 13.0. The lowest BCUT2D eigenvalue weighted by Gasteiger charge is -2.25. The van der Waals surface area contributed by atoms with Crippen LogP contribution in [0.5, 0.6) is 0 Å². The molecular weight excluding hydrogens is 390 g/mol. The Balaban J connectivity index is 1.84. The lowest BCUT2D eigenvalue weighted by molar-refractivity contribution is -0.140. The average Bonchev–Trinajstić information content (AvgIpc) is 3.05. The molecular formula is C25H23N3O3. The van der Waals surface area contributed by atoms with E-state index in [0.717, 1.165) is 11.1 Å². The highest BCUT2D eigenvalue weighted by molar-refractivity contribution is 6.46. The summed E-state index contributed by atoms with van der Waals surface area (Å²) in [6.45, 7) is 4.37. The van der Waals surface area contributed by atoms with Crippen LogP contribution in [0.3, 0.4) is 0 Å². The number of likely N-dealkylation sites (tertiary alicyclic amines) is 1. The summed E-state index contributed by atoms with van der Waals surface area (Å²) < 4.78 is 0. The fraction of sp³-hybridized carbons (Fsp3) is 0.200. The van der Waals surface area contributed by atoms with Crippen LogP contribution in [0.2, 0.25) is 0 Å². The van der Waals surface area contributed by atoms with Gasteiger partial charge in [-0.2, -0.15) is 0 Å². The van der Waals surface area contributed by atoms with E-state index in [9.17, 15) is 14.7 Å². The topological polar surface area (TPSA) is 83.4 Å². The molecule has 3 heterocycles. The number of benzene rings is 1. The van der Waals surface area contributed by atoms with E-state index in [4.69, 9.17) is 0 Å². The van der Waals surface area contributed by atoms with Crippen molar-refractivity contribution in [3.8, 4) is 0 Å². The Hall–Kier alpha value is -3.80. The van der Waals surface area contributed by atoms with Crippen LogP contribution in [0.1, 0.15) is 48.2 Å². The van der Waals surface area contributed by atoms with E-state index in [-0.39, 0.29) is 17.9 Å². The van der Waals surface area contributed by atoms with Gasteiger partial charge in [-0.3, -0.25) is 19.6 Å². The molecule has 1 aliphatic rings. The highest BCUT2D eigenvalue weighted by atomic mass is 16.3. The number of carbonyl (C=O) groups is 2. The van der Waals surface area contributed by atoms with Crippen molar-refractivity contribution >= 4 is 17.4 Å². The van der Waals surface area contributed by atoms with Crippen LogP contribution in [-0.2, 0) is 16.1 Å². The van der Waals surface area contributed by atoms with Gasteiger partial charge in [-0.25, -0.2) is 0 Å². The first-order valence-electron chi connectivity index (χ1n) is 10.2. The van der Waals surface area contributed by atoms with Gasteiger partial charge in [0, 0.05) is 24.2 Å². The number of nitrogens with zero attached hydrogens (tertiary/aromatic N) is 3. The molecule has 0 radical (unpaired) electrons. The summed E-state index contributed by atoms with van der Waals surface area (Å²) in [6.07, 6.45) is 4.71. The zero-order chi connectivity index (χ0) is 22.0. The molecule has 1 saturated heterocycles. The van der Waals surface area contributed by atoms with Gasteiger partial charge in [-0.1, -0.05) is 44.2 Å². The van der Waals surface area contributed by atoms with Crippen molar-refractivity contribution in [3.05, 3.63) is 101 Å². The Morgan fingerprint density at radius 1 is 1.00 bits per heavy atom. The van der Waals surface area contributed by atoms with Crippen molar-refractivity contribution in [2.45, 2.75) is 32.4 Å². The fourth-order valence-electron chi connectivity index (χ4n) is 3.78. The van der Waals surface area contributed by atoms with Crippen LogP contribution in [0.25, 0.3) is 5.76 Å². The minimum Gasteiger partial charge on any atom is -0.507 e. The van der Waals surface area contributed by atoms with Crippen LogP contribution in [0.15, 0.2) is 78.8 Å². The maximum Gasteiger partial charge on any atom is 0.296 e. The first kappa shape index (κ1) is 20.5. The fourth-order valence-corrected chi connectivity index (χ4v) is 3.78. The van der Waals surface area contributed by atoms with E-state index < -0.39 is 17.7 Å². The molecule has 3 aromatic rings. The highest BCUT2D eigenvalue weighted by Crippen LogP contribution is 2.40. The number of ketones is 1. The number of hydrogen-bond donors (Lipinski definition) is 1. The van der Waals surface area contributed by atoms with Crippen molar-refractivity contribution in [3.63, 3.8) is 0 Å². The van der Waals surface area contributed by atoms with E-state index in [1.54, 1.807) is 30.5 Å². The van der Waals surface area contributed by atoms with Crippen molar-refractivity contribution in [1.29, 1.82) is 0 Å². The standard InChI is InChI=1S/C25H23N3O3/c1-16(2)17-6-8-18(9-7-17)22-21(23(29)19-10-13-26-14-11-19)24(30)25(31)28(22)15-20-5-3-4-12-27-20/h3-14,16,22,29H,15H2,1-2H3/b23-21+. The minimum atomic E-state index is -0.712. The molecule has 1 unspecified atom stereocenters. The lowest BCUT2D eigenvalue weighted by atomic mass is 9.93. The zero-order valence-corrected chi connectivity index (χ0v) is 17.4. The molecule has 0 aliphatic carbocycles. The van der Waals surface area contributed by atoms with Gasteiger partial charge in [0.2, 0.25) is 0 Å².